The molecule has 0 aromatic carbocycles. The standard InChI is InChI=1S/C42H64N2O9.C3H6.C2H6.CH4O/c1-11-36(46)50-35-20-17-29(6)38(51-37(47)21-19-34(45)18-16-26(35)3)27(4)14-13-15-28(5)39(41-40(52-41)30(7)32(9)49-10)53-42(48)44-24-22-33(23-25-44)31(8)43-12-2;1-3-2;2*1-2/h12-15,17,20,22,26,28-30,32,34-35,38-41,45H,8,11,16,18-19,21,23-25H2,1-7,9-10H3;3H,1H2,2H3;1-2H3;2H,1H3/b15-13+,20-17+,27-14+,43-12?;;;. The predicted molar refractivity (Wildman–Crippen MR) is 242 cm³/mol. The molecule has 0 aromatic rings. The van der Waals surface area contributed by atoms with Crippen LogP contribution in [-0.2, 0) is 33.3 Å². The summed E-state index contributed by atoms with van der Waals surface area (Å²) in [5, 5.41) is 17.5. The minimum atomic E-state index is -0.656. The van der Waals surface area contributed by atoms with E-state index in [4.69, 9.17) is 28.8 Å². The summed E-state index contributed by atoms with van der Waals surface area (Å²) in [6, 6.07) is 0. The van der Waals surface area contributed by atoms with Crippen molar-refractivity contribution < 1.29 is 48.3 Å². The number of aliphatic hydroxyl groups is 2. The van der Waals surface area contributed by atoms with Crippen molar-refractivity contribution in [2.45, 2.75) is 157 Å². The van der Waals surface area contributed by atoms with Crippen molar-refractivity contribution in [2.24, 2.45) is 28.7 Å². The third-order valence-electron chi connectivity index (χ3n) is 10.7. The molecule has 3 rings (SSSR count). The molecule has 0 spiro atoms. The molecule has 0 bridgehead atoms. The van der Waals surface area contributed by atoms with Crippen LogP contribution in [0.15, 0.2) is 77.5 Å². The van der Waals surface area contributed by atoms with Gasteiger partial charge in [0, 0.05) is 64.1 Å². The van der Waals surface area contributed by atoms with Crippen LogP contribution >= 0.6 is 0 Å². The van der Waals surface area contributed by atoms with E-state index in [0.29, 0.717) is 44.5 Å². The molecule has 0 aliphatic carbocycles. The molecule has 60 heavy (non-hydrogen) atoms. The number of esters is 2. The Balaban J connectivity index is 0.00000468. The SMILES string of the molecule is C=C(N=CC)C1=CCN(C(=O)OC(C(C)/C=C/C=C(\C)C2OC(=O)CCC(O)CCC(C)C(OC(=O)CC)/C=C/C2C)C2OC2C(C)C(C)OC)CC1.C=CC.CC.CO. The number of cyclic esters (lactones) is 1. The fourth-order valence-corrected chi connectivity index (χ4v) is 6.72. The van der Waals surface area contributed by atoms with Gasteiger partial charge in [-0.2, -0.15) is 0 Å². The lowest BCUT2D eigenvalue weighted by Crippen LogP contribution is -2.41. The van der Waals surface area contributed by atoms with E-state index in [1.54, 1.807) is 31.2 Å². The number of hydrogen-bond acceptors (Lipinski definition) is 11. The Kier molecular flexibility index (Phi) is 29.1. The molecule has 3 aliphatic rings. The van der Waals surface area contributed by atoms with Gasteiger partial charge in [-0.15, -0.1) is 6.58 Å². The molecule has 1 fully saturated rings. The van der Waals surface area contributed by atoms with E-state index in [2.05, 4.69) is 25.1 Å². The number of nitrogens with zero attached hydrogens (tertiary/aromatic N) is 2. The maximum atomic E-state index is 13.5. The summed E-state index contributed by atoms with van der Waals surface area (Å²) in [6.07, 6.45) is 14.4. The van der Waals surface area contributed by atoms with Crippen LogP contribution < -0.4 is 0 Å². The van der Waals surface area contributed by atoms with Gasteiger partial charge in [0.25, 0.3) is 0 Å². The van der Waals surface area contributed by atoms with Crippen molar-refractivity contribution in [3.05, 3.63) is 72.5 Å². The first-order chi connectivity index (χ1) is 28.6. The Morgan fingerprint density at radius 1 is 1.07 bits per heavy atom. The van der Waals surface area contributed by atoms with E-state index in [0.717, 1.165) is 18.3 Å². The quantitative estimate of drug-likeness (QED) is 0.0458. The highest BCUT2D eigenvalue weighted by atomic mass is 16.6. The van der Waals surface area contributed by atoms with Gasteiger partial charge < -0.3 is 38.8 Å². The van der Waals surface area contributed by atoms with E-state index in [-0.39, 0.29) is 66.8 Å². The predicted octanol–water partition coefficient (Wildman–Crippen LogP) is 9.13. The Morgan fingerprint density at radius 2 is 1.72 bits per heavy atom. The van der Waals surface area contributed by atoms with Gasteiger partial charge in [-0.05, 0) is 76.5 Å². The first-order valence-corrected chi connectivity index (χ1v) is 21.7. The van der Waals surface area contributed by atoms with Crippen molar-refractivity contribution in [1.29, 1.82) is 0 Å². The lowest BCUT2D eigenvalue weighted by Gasteiger charge is -2.29. The Hall–Kier alpha value is -3.84. The van der Waals surface area contributed by atoms with Crippen molar-refractivity contribution >= 4 is 24.2 Å². The van der Waals surface area contributed by atoms with Crippen LogP contribution in [0, 0.1) is 23.7 Å². The fourth-order valence-electron chi connectivity index (χ4n) is 6.72. The lowest BCUT2D eigenvalue weighted by atomic mass is 9.92. The van der Waals surface area contributed by atoms with Crippen LogP contribution in [0.25, 0.3) is 0 Å². The molecule has 0 radical (unpaired) electrons. The maximum absolute atomic E-state index is 13.5. The first-order valence-electron chi connectivity index (χ1n) is 21.7. The zero-order chi connectivity index (χ0) is 45.9. The number of aliphatic hydroxyl groups excluding tert-OH is 2. The summed E-state index contributed by atoms with van der Waals surface area (Å²) >= 11 is 0. The number of methoxy groups -OCH3 is 1. The van der Waals surface area contributed by atoms with E-state index < -0.39 is 30.5 Å². The van der Waals surface area contributed by atoms with E-state index in [1.807, 2.05) is 98.8 Å². The summed E-state index contributed by atoms with van der Waals surface area (Å²) in [5.41, 5.74) is 2.54. The van der Waals surface area contributed by atoms with Crippen molar-refractivity contribution in [3.63, 3.8) is 0 Å². The Bertz CT molecular complexity index is 1450. The average Bonchev–Trinajstić information content (AvgIpc) is 4.05. The molecule has 0 aromatic heterocycles. The molecule has 0 saturated carbocycles. The molecule has 1 amide bonds. The molecule has 342 valence electrons. The van der Waals surface area contributed by atoms with Gasteiger partial charge in [0.05, 0.1) is 24.0 Å². The fraction of sp³-hybridized carbons (Fsp3) is 0.667. The van der Waals surface area contributed by atoms with Crippen molar-refractivity contribution in [1.82, 2.24) is 4.90 Å². The third-order valence-corrected chi connectivity index (χ3v) is 10.7. The minimum absolute atomic E-state index is 0.0114. The Morgan fingerprint density at radius 3 is 2.28 bits per heavy atom. The number of carbonyl (C=O) groups is 3. The first kappa shape index (κ1) is 56.2. The summed E-state index contributed by atoms with van der Waals surface area (Å²) in [7, 11) is 2.68. The molecule has 3 heterocycles. The molecule has 11 atom stereocenters. The highest BCUT2D eigenvalue weighted by Gasteiger charge is 2.52. The second-order valence-corrected chi connectivity index (χ2v) is 15.2. The highest BCUT2D eigenvalue weighted by molar-refractivity contribution is 5.70. The van der Waals surface area contributed by atoms with Gasteiger partial charge in [-0.1, -0.05) is 91.5 Å². The van der Waals surface area contributed by atoms with Crippen LogP contribution in [0.1, 0.15) is 115 Å². The largest absolute Gasteiger partial charge is 0.458 e. The number of rotatable bonds is 13. The molecule has 11 unspecified atom stereocenters. The van der Waals surface area contributed by atoms with E-state index in [9.17, 15) is 19.5 Å². The smallest absolute Gasteiger partial charge is 0.410 e. The number of carbonyl (C=O) groups excluding carboxylic acids is 3. The number of ether oxygens (including phenoxy) is 5. The van der Waals surface area contributed by atoms with E-state index in [1.165, 1.54) is 0 Å². The number of allylic oxidation sites excluding steroid dienone is 4. The molecule has 3 aliphatic heterocycles. The van der Waals surface area contributed by atoms with Crippen LogP contribution in [0.2, 0.25) is 0 Å². The summed E-state index contributed by atoms with van der Waals surface area (Å²) in [6.45, 7) is 29.7. The number of epoxide rings is 1. The topological polar surface area (TPSA) is 157 Å². The Labute approximate surface area is 362 Å². The van der Waals surface area contributed by atoms with Gasteiger partial charge in [-0.25, -0.2) is 4.79 Å². The molecule has 12 heteroatoms. The second kappa shape index (κ2) is 31.1. The molecule has 1 saturated heterocycles. The van der Waals surface area contributed by atoms with Gasteiger partial charge in [0.15, 0.2) is 0 Å². The van der Waals surface area contributed by atoms with Gasteiger partial charge in [0.2, 0.25) is 0 Å². The average molecular weight is 845 g/mol. The van der Waals surface area contributed by atoms with Gasteiger partial charge in [0.1, 0.15) is 24.4 Å². The number of amides is 1. The third kappa shape index (κ3) is 19.7. The minimum Gasteiger partial charge on any atom is -0.458 e. The zero-order valence-electron chi connectivity index (χ0n) is 39.1. The van der Waals surface area contributed by atoms with E-state index >= 15 is 0 Å². The molecular weight excluding hydrogens is 765 g/mol. The van der Waals surface area contributed by atoms with Crippen molar-refractivity contribution in [2.75, 3.05) is 27.3 Å². The van der Waals surface area contributed by atoms with Gasteiger partial charge >= 0.3 is 18.0 Å². The monoisotopic (exact) mass is 845 g/mol. The summed E-state index contributed by atoms with van der Waals surface area (Å²) in [5.74, 6) is -1.03. The molecule has 12 nitrogen and oxygen atoms in total. The molecular formula is C48H80N2O10. The van der Waals surface area contributed by atoms with Crippen molar-refractivity contribution in [3.8, 4) is 0 Å². The lowest BCUT2D eigenvalue weighted by molar-refractivity contribution is -0.150. The van der Waals surface area contributed by atoms with Gasteiger partial charge in [-0.3, -0.25) is 14.6 Å². The normalized spacial score (nSPS) is 27.4. The highest BCUT2D eigenvalue weighted by Crippen LogP contribution is 2.39. The van der Waals surface area contributed by atoms with Crippen LogP contribution in [0.4, 0.5) is 4.79 Å². The summed E-state index contributed by atoms with van der Waals surface area (Å²) in [4.78, 5) is 44.7. The zero-order valence-corrected chi connectivity index (χ0v) is 39.1. The van der Waals surface area contributed by atoms with Crippen LogP contribution in [0.5, 0.6) is 0 Å². The summed E-state index contributed by atoms with van der Waals surface area (Å²) < 4.78 is 29.7. The maximum Gasteiger partial charge on any atom is 0.410 e. The van der Waals surface area contributed by atoms with Crippen LogP contribution in [-0.4, -0.2) is 109 Å². The van der Waals surface area contributed by atoms with Crippen LogP contribution in [0.3, 0.4) is 0 Å². The number of hydrogen-bond donors (Lipinski definition) is 2. The number of aliphatic imine (C=N–C) groups is 1. The second-order valence-electron chi connectivity index (χ2n) is 15.2. The molecule has 2 N–H and O–H groups in total.